The Kier molecular flexibility index (Phi) is 3.89. The third-order valence-electron chi connectivity index (χ3n) is 1.96. The molecule has 0 atom stereocenters. The first-order valence-electron chi connectivity index (χ1n) is 4.99. The summed E-state index contributed by atoms with van der Waals surface area (Å²) in [6.45, 7) is 9.44. The molecule has 0 aliphatic heterocycles. The van der Waals surface area contributed by atoms with Gasteiger partial charge in [-0.1, -0.05) is 27.7 Å². The number of nitrogen functional groups attached to an aromatic ring is 1. The Labute approximate surface area is 89.7 Å². The molecule has 0 bridgehead atoms. The highest BCUT2D eigenvalue weighted by Crippen LogP contribution is 2.26. The fourth-order valence-electron chi connectivity index (χ4n) is 1.26. The van der Waals surface area contributed by atoms with E-state index in [0.717, 1.165) is 12.2 Å². The molecule has 3 N–H and O–H groups in total. The number of hydrogen-bond donors (Lipinski definition) is 2. The molecule has 0 fully saturated rings. The van der Waals surface area contributed by atoms with E-state index in [1.807, 2.05) is 0 Å². The summed E-state index contributed by atoms with van der Waals surface area (Å²) in [5.74, 6) is 0.451. The Balaban J connectivity index is 2.74. The standard InChI is InChI=1S/C10H19N3S/c1-6(2)9-8(5-12-7(3)4)14-10(11)13-9/h6-7,12H,5H2,1-4H3,(H2,11,13). The van der Waals surface area contributed by atoms with Crippen LogP contribution < -0.4 is 11.1 Å². The van der Waals surface area contributed by atoms with Gasteiger partial charge in [-0.15, -0.1) is 11.3 Å². The zero-order valence-electron chi connectivity index (χ0n) is 9.29. The predicted molar refractivity (Wildman–Crippen MR) is 62.6 cm³/mol. The average molecular weight is 213 g/mol. The summed E-state index contributed by atoms with van der Waals surface area (Å²) >= 11 is 1.59. The Bertz CT molecular complexity index is 292. The van der Waals surface area contributed by atoms with Crippen molar-refractivity contribution in [1.29, 1.82) is 0 Å². The van der Waals surface area contributed by atoms with Gasteiger partial charge in [-0.05, 0) is 5.92 Å². The smallest absolute Gasteiger partial charge is 0.180 e. The Morgan fingerprint density at radius 1 is 1.36 bits per heavy atom. The summed E-state index contributed by atoms with van der Waals surface area (Å²) in [7, 11) is 0. The molecule has 1 rings (SSSR count). The maximum atomic E-state index is 5.70. The van der Waals surface area contributed by atoms with Crippen molar-refractivity contribution in [2.45, 2.75) is 46.2 Å². The number of thiazole rings is 1. The molecule has 1 aromatic rings. The maximum absolute atomic E-state index is 5.70. The summed E-state index contributed by atoms with van der Waals surface area (Å²) < 4.78 is 0. The predicted octanol–water partition coefficient (Wildman–Crippen LogP) is 2.35. The number of aromatic nitrogens is 1. The van der Waals surface area contributed by atoms with Crippen LogP contribution in [0.5, 0.6) is 0 Å². The molecular weight excluding hydrogens is 194 g/mol. The van der Waals surface area contributed by atoms with Crippen LogP contribution in [0.3, 0.4) is 0 Å². The molecule has 1 aromatic heterocycles. The van der Waals surface area contributed by atoms with Crippen molar-refractivity contribution in [3.8, 4) is 0 Å². The number of nitrogens with one attached hydrogen (secondary N) is 1. The summed E-state index contributed by atoms with van der Waals surface area (Å²) in [5, 5.41) is 4.06. The summed E-state index contributed by atoms with van der Waals surface area (Å²) in [6, 6.07) is 0.498. The Hall–Kier alpha value is -0.610. The second-order valence-electron chi connectivity index (χ2n) is 4.05. The van der Waals surface area contributed by atoms with Gasteiger partial charge >= 0.3 is 0 Å². The minimum Gasteiger partial charge on any atom is -0.375 e. The quantitative estimate of drug-likeness (QED) is 0.807. The lowest BCUT2D eigenvalue weighted by Gasteiger charge is -2.08. The third kappa shape index (κ3) is 2.96. The highest BCUT2D eigenvalue weighted by molar-refractivity contribution is 7.15. The van der Waals surface area contributed by atoms with Crippen molar-refractivity contribution in [3.63, 3.8) is 0 Å². The van der Waals surface area contributed by atoms with Crippen molar-refractivity contribution >= 4 is 16.5 Å². The van der Waals surface area contributed by atoms with Crippen LogP contribution in [0.4, 0.5) is 5.13 Å². The Morgan fingerprint density at radius 3 is 2.50 bits per heavy atom. The lowest BCUT2D eigenvalue weighted by atomic mass is 10.1. The monoisotopic (exact) mass is 213 g/mol. The van der Waals surface area contributed by atoms with Crippen molar-refractivity contribution in [1.82, 2.24) is 10.3 Å². The molecule has 0 saturated carbocycles. The molecule has 0 amide bonds. The van der Waals surface area contributed by atoms with E-state index in [-0.39, 0.29) is 0 Å². The van der Waals surface area contributed by atoms with Crippen molar-refractivity contribution < 1.29 is 0 Å². The maximum Gasteiger partial charge on any atom is 0.180 e. The fraction of sp³-hybridized carbons (Fsp3) is 0.700. The largest absolute Gasteiger partial charge is 0.375 e. The Morgan fingerprint density at radius 2 is 2.00 bits per heavy atom. The topological polar surface area (TPSA) is 50.9 Å². The van der Waals surface area contributed by atoms with E-state index in [2.05, 4.69) is 38.0 Å². The van der Waals surface area contributed by atoms with Gasteiger partial charge in [0.15, 0.2) is 5.13 Å². The van der Waals surface area contributed by atoms with Gasteiger partial charge in [0.25, 0.3) is 0 Å². The summed E-state index contributed by atoms with van der Waals surface area (Å²) in [5.41, 5.74) is 6.84. The van der Waals surface area contributed by atoms with Crippen LogP contribution >= 0.6 is 11.3 Å². The molecule has 0 aromatic carbocycles. The second-order valence-corrected chi connectivity index (χ2v) is 5.17. The van der Waals surface area contributed by atoms with Crippen molar-refractivity contribution in [3.05, 3.63) is 10.6 Å². The first-order valence-corrected chi connectivity index (χ1v) is 5.80. The van der Waals surface area contributed by atoms with E-state index in [4.69, 9.17) is 5.73 Å². The minimum atomic E-state index is 0.451. The van der Waals surface area contributed by atoms with Crippen LogP contribution in [-0.2, 0) is 6.54 Å². The van der Waals surface area contributed by atoms with Crippen LogP contribution in [0.2, 0.25) is 0 Å². The first kappa shape index (κ1) is 11.5. The van der Waals surface area contributed by atoms with Crippen LogP contribution in [0.15, 0.2) is 0 Å². The van der Waals surface area contributed by atoms with Crippen LogP contribution in [0.1, 0.15) is 44.2 Å². The molecule has 0 unspecified atom stereocenters. The van der Waals surface area contributed by atoms with E-state index >= 15 is 0 Å². The van der Waals surface area contributed by atoms with Gasteiger partial charge in [-0.3, -0.25) is 0 Å². The molecule has 0 aliphatic rings. The van der Waals surface area contributed by atoms with Gasteiger partial charge in [-0.2, -0.15) is 0 Å². The van der Waals surface area contributed by atoms with Gasteiger partial charge in [0.05, 0.1) is 5.69 Å². The van der Waals surface area contributed by atoms with Gasteiger partial charge in [0, 0.05) is 17.5 Å². The highest BCUT2D eigenvalue weighted by atomic mass is 32.1. The second kappa shape index (κ2) is 4.75. The van der Waals surface area contributed by atoms with E-state index < -0.39 is 0 Å². The lowest BCUT2D eigenvalue weighted by molar-refractivity contribution is 0.588. The van der Waals surface area contributed by atoms with E-state index in [1.165, 1.54) is 4.88 Å². The normalized spacial score (nSPS) is 11.6. The molecule has 1 heterocycles. The van der Waals surface area contributed by atoms with E-state index in [1.54, 1.807) is 11.3 Å². The van der Waals surface area contributed by atoms with Crippen LogP contribution in [0, 0.1) is 0 Å². The number of nitrogens with zero attached hydrogens (tertiary/aromatic N) is 1. The molecule has 0 radical (unpaired) electrons. The lowest BCUT2D eigenvalue weighted by Crippen LogP contribution is -2.22. The van der Waals surface area contributed by atoms with Crippen LogP contribution in [-0.4, -0.2) is 11.0 Å². The highest BCUT2D eigenvalue weighted by Gasteiger charge is 2.12. The zero-order valence-corrected chi connectivity index (χ0v) is 10.1. The fourth-order valence-corrected chi connectivity index (χ4v) is 2.19. The summed E-state index contributed by atoms with van der Waals surface area (Å²) in [4.78, 5) is 5.61. The SMILES string of the molecule is CC(C)NCc1sc(N)nc1C(C)C. The molecule has 0 saturated heterocycles. The van der Waals surface area contributed by atoms with Gasteiger partial charge in [0.2, 0.25) is 0 Å². The molecule has 14 heavy (non-hydrogen) atoms. The minimum absolute atomic E-state index is 0.451. The number of nitrogens with two attached hydrogens (primary N) is 1. The molecule has 80 valence electrons. The zero-order chi connectivity index (χ0) is 10.7. The number of hydrogen-bond acceptors (Lipinski definition) is 4. The average Bonchev–Trinajstić information content (AvgIpc) is 2.43. The van der Waals surface area contributed by atoms with Crippen molar-refractivity contribution in [2.24, 2.45) is 0 Å². The molecule has 0 spiro atoms. The molecule has 3 nitrogen and oxygen atoms in total. The molecule has 0 aliphatic carbocycles. The number of rotatable bonds is 4. The molecule has 4 heteroatoms. The number of anilines is 1. The summed E-state index contributed by atoms with van der Waals surface area (Å²) in [6.07, 6.45) is 0. The van der Waals surface area contributed by atoms with Crippen LogP contribution in [0.25, 0.3) is 0 Å². The van der Waals surface area contributed by atoms with E-state index in [9.17, 15) is 0 Å². The van der Waals surface area contributed by atoms with Crippen molar-refractivity contribution in [2.75, 3.05) is 5.73 Å². The van der Waals surface area contributed by atoms with Gasteiger partial charge < -0.3 is 11.1 Å². The van der Waals surface area contributed by atoms with E-state index in [0.29, 0.717) is 17.1 Å². The van der Waals surface area contributed by atoms with Gasteiger partial charge in [0.1, 0.15) is 0 Å². The van der Waals surface area contributed by atoms with Gasteiger partial charge in [-0.25, -0.2) is 4.98 Å². The molecular formula is C10H19N3S. The first-order chi connectivity index (χ1) is 6.50. The third-order valence-corrected chi connectivity index (χ3v) is 2.86.